The van der Waals surface area contributed by atoms with Crippen molar-refractivity contribution in [1.82, 2.24) is 20.2 Å². The van der Waals surface area contributed by atoms with Crippen LogP contribution in [-0.4, -0.2) is 37.0 Å². The first-order valence-corrected chi connectivity index (χ1v) is 8.56. The van der Waals surface area contributed by atoms with E-state index < -0.39 is 5.82 Å². The van der Waals surface area contributed by atoms with Crippen LogP contribution in [0.1, 0.15) is 5.69 Å². The minimum atomic E-state index is -0.621. The molecule has 2 aromatic heterocycles. The maximum atomic E-state index is 14.1. The number of phenolic OH excluding ortho intramolecular Hbond substituents is 1. The van der Waals surface area contributed by atoms with Crippen LogP contribution in [0.25, 0.3) is 10.9 Å². The topological polar surface area (TPSA) is 119 Å². The van der Waals surface area contributed by atoms with E-state index >= 15 is 0 Å². The lowest BCUT2D eigenvalue weighted by Crippen LogP contribution is -2.03. The minimum Gasteiger partial charge on any atom is -0.508 e. The highest BCUT2D eigenvalue weighted by molar-refractivity contribution is 5.85. The van der Waals surface area contributed by atoms with Crippen molar-refractivity contribution in [3.8, 4) is 5.75 Å². The summed E-state index contributed by atoms with van der Waals surface area (Å²) in [7, 11) is 0. The smallest absolute Gasteiger partial charge is 0.229 e. The first kappa shape index (κ1) is 17.7. The number of aromatic hydroxyl groups is 1. The molecule has 0 saturated carbocycles. The highest BCUT2D eigenvalue weighted by atomic mass is 19.1. The number of hydrogen-bond acceptors (Lipinski definition) is 7. The van der Waals surface area contributed by atoms with Crippen molar-refractivity contribution in [2.45, 2.75) is 6.42 Å². The number of benzene rings is 2. The predicted molar refractivity (Wildman–Crippen MR) is 104 cm³/mol. The number of anilines is 4. The molecule has 0 amide bonds. The van der Waals surface area contributed by atoms with Crippen LogP contribution in [0.2, 0.25) is 0 Å². The van der Waals surface area contributed by atoms with Gasteiger partial charge in [-0.15, -0.1) is 0 Å². The molecule has 9 heteroatoms. The van der Waals surface area contributed by atoms with Gasteiger partial charge in [-0.2, -0.15) is 10.1 Å². The Morgan fingerprint density at radius 3 is 2.75 bits per heavy atom. The molecule has 4 aromatic rings. The first-order valence-electron chi connectivity index (χ1n) is 8.56. The number of nitrogens with zero attached hydrogens (tertiary/aromatic N) is 3. The predicted octanol–water partition coefficient (Wildman–Crippen LogP) is 3.22. The molecular formula is C19H17FN6O2. The number of rotatable bonds is 6. The van der Waals surface area contributed by atoms with Gasteiger partial charge in [-0.3, -0.25) is 5.10 Å². The zero-order valence-corrected chi connectivity index (χ0v) is 14.6. The lowest BCUT2D eigenvalue weighted by Gasteiger charge is -2.10. The Bertz CT molecular complexity index is 1130. The second-order valence-corrected chi connectivity index (χ2v) is 6.09. The summed E-state index contributed by atoms with van der Waals surface area (Å²) in [6.45, 7) is 0.00273. The Hall–Kier alpha value is -3.72. The Morgan fingerprint density at radius 2 is 1.93 bits per heavy atom. The Labute approximate surface area is 159 Å². The monoisotopic (exact) mass is 380 g/mol. The highest BCUT2D eigenvalue weighted by Crippen LogP contribution is 2.25. The molecule has 0 fully saturated rings. The fourth-order valence-corrected chi connectivity index (χ4v) is 2.81. The molecule has 0 radical (unpaired) electrons. The number of hydrogen-bond donors (Lipinski definition) is 5. The third kappa shape index (κ3) is 3.69. The Morgan fingerprint density at radius 1 is 1.07 bits per heavy atom. The molecule has 0 spiro atoms. The second kappa shape index (κ2) is 7.49. The van der Waals surface area contributed by atoms with E-state index in [1.165, 1.54) is 12.1 Å². The van der Waals surface area contributed by atoms with Crippen LogP contribution in [0.15, 0.2) is 48.7 Å². The van der Waals surface area contributed by atoms with Crippen molar-refractivity contribution >= 4 is 34.0 Å². The lowest BCUT2D eigenvalue weighted by atomic mass is 10.1. The number of aromatic amines is 1. The molecule has 142 valence electrons. The molecule has 0 unspecified atom stereocenters. The standard InChI is InChI=1S/C19H17FN6O2/c20-15-10-21-19(24-18(15)22-11-2-1-3-13(28)8-11)23-12-4-5-16-14(9-12)17(6-7-27)26-25-16/h1-5,8-10,27-28H,6-7H2,(H,25,26)(H2,21,22,23,24). The molecule has 8 nitrogen and oxygen atoms in total. The molecule has 0 bridgehead atoms. The molecule has 4 rings (SSSR count). The number of phenols is 1. The SMILES string of the molecule is OCCc1n[nH]c2ccc(Nc3ncc(F)c(Nc4cccc(O)c4)n3)cc12. The summed E-state index contributed by atoms with van der Waals surface area (Å²) in [6, 6.07) is 11.8. The largest absolute Gasteiger partial charge is 0.508 e. The Balaban J connectivity index is 1.59. The van der Waals surface area contributed by atoms with E-state index in [2.05, 4.69) is 30.8 Å². The molecule has 28 heavy (non-hydrogen) atoms. The number of aliphatic hydroxyl groups excluding tert-OH is 1. The molecular weight excluding hydrogens is 363 g/mol. The van der Waals surface area contributed by atoms with Gasteiger partial charge >= 0.3 is 0 Å². The van der Waals surface area contributed by atoms with Crippen LogP contribution < -0.4 is 10.6 Å². The van der Waals surface area contributed by atoms with E-state index in [4.69, 9.17) is 5.11 Å². The quantitative estimate of drug-likeness (QED) is 0.348. The summed E-state index contributed by atoms with van der Waals surface area (Å²) in [5, 5.41) is 32.5. The van der Waals surface area contributed by atoms with Crippen molar-refractivity contribution in [1.29, 1.82) is 0 Å². The minimum absolute atomic E-state index is 0.00273. The molecule has 5 N–H and O–H groups in total. The molecule has 2 aromatic carbocycles. The van der Waals surface area contributed by atoms with E-state index in [0.717, 1.165) is 22.8 Å². The van der Waals surface area contributed by atoms with Gasteiger partial charge in [0.1, 0.15) is 5.75 Å². The normalized spacial score (nSPS) is 10.9. The number of H-pyrrole nitrogens is 1. The summed E-state index contributed by atoms with van der Waals surface area (Å²) in [5.74, 6) is -0.376. The summed E-state index contributed by atoms with van der Waals surface area (Å²) in [6.07, 6.45) is 1.50. The number of nitrogens with one attached hydrogen (secondary N) is 3. The van der Waals surface area contributed by atoms with Gasteiger partial charge in [0.2, 0.25) is 5.95 Å². The summed E-state index contributed by atoms with van der Waals surface area (Å²) < 4.78 is 14.1. The Kier molecular flexibility index (Phi) is 4.73. The maximum absolute atomic E-state index is 14.1. The fourth-order valence-electron chi connectivity index (χ4n) is 2.81. The van der Waals surface area contributed by atoms with Gasteiger partial charge < -0.3 is 20.8 Å². The molecule has 2 heterocycles. The average molecular weight is 380 g/mol. The zero-order valence-electron chi connectivity index (χ0n) is 14.6. The fraction of sp³-hybridized carbons (Fsp3) is 0.105. The third-order valence-electron chi connectivity index (χ3n) is 4.10. The van der Waals surface area contributed by atoms with Crippen LogP contribution in [-0.2, 0) is 6.42 Å². The van der Waals surface area contributed by atoms with E-state index in [0.29, 0.717) is 17.8 Å². The van der Waals surface area contributed by atoms with Crippen molar-refractivity contribution in [3.05, 3.63) is 60.2 Å². The molecule has 0 aliphatic heterocycles. The molecule has 0 aliphatic carbocycles. The van der Waals surface area contributed by atoms with Crippen molar-refractivity contribution < 1.29 is 14.6 Å². The van der Waals surface area contributed by atoms with Gasteiger partial charge in [0, 0.05) is 35.9 Å². The van der Waals surface area contributed by atoms with Gasteiger partial charge in [-0.25, -0.2) is 9.37 Å². The molecule has 0 saturated heterocycles. The van der Waals surface area contributed by atoms with E-state index in [9.17, 15) is 9.50 Å². The van der Waals surface area contributed by atoms with E-state index in [-0.39, 0.29) is 24.1 Å². The van der Waals surface area contributed by atoms with Crippen molar-refractivity contribution in [3.63, 3.8) is 0 Å². The van der Waals surface area contributed by atoms with Gasteiger partial charge in [0.05, 0.1) is 17.4 Å². The average Bonchev–Trinajstić information content (AvgIpc) is 3.07. The van der Waals surface area contributed by atoms with Crippen LogP contribution >= 0.6 is 0 Å². The number of fused-ring (bicyclic) bond motifs is 1. The first-order chi connectivity index (χ1) is 13.6. The van der Waals surface area contributed by atoms with Gasteiger partial charge in [0.25, 0.3) is 0 Å². The summed E-state index contributed by atoms with van der Waals surface area (Å²) in [4.78, 5) is 8.14. The van der Waals surface area contributed by atoms with Crippen LogP contribution in [0.3, 0.4) is 0 Å². The van der Waals surface area contributed by atoms with Crippen LogP contribution in [0.4, 0.5) is 27.5 Å². The maximum Gasteiger partial charge on any atom is 0.229 e. The third-order valence-corrected chi connectivity index (χ3v) is 4.10. The van der Waals surface area contributed by atoms with Crippen LogP contribution in [0, 0.1) is 5.82 Å². The molecule has 0 aliphatic rings. The number of halogens is 1. The van der Waals surface area contributed by atoms with Crippen molar-refractivity contribution in [2.24, 2.45) is 0 Å². The second-order valence-electron chi connectivity index (χ2n) is 6.09. The lowest BCUT2D eigenvalue weighted by molar-refractivity contribution is 0.298. The van der Waals surface area contributed by atoms with E-state index in [1.54, 1.807) is 12.1 Å². The van der Waals surface area contributed by atoms with Crippen LogP contribution in [0.5, 0.6) is 5.75 Å². The summed E-state index contributed by atoms with van der Waals surface area (Å²) >= 11 is 0. The highest BCUT2D eigenvalue weighted by Gasteiger charge is 2.10. The molecule has 0 atom stereocenters. The number of aromatic nitrogens is 4. The van der Waals surface area contributed by atoms with Gasteiger partial charge in [0.15, 0.2) is 11.6 Å². The van der Waals surface area contributed by atoms with Gasteiger partial charge in [-0.05, 0) is 30.3 Å². The van der Waals surface area contributed by atoms with E-state index in [1.807, 2.05) is 18.2 Å². The summed E-state index contributed by atoms with van der Waals surface area (Å²) in [5.41, 5.74) is 2.80. The van der Waals surface area contributed by atoms with Crippen molar-refractivity contribution in [2.75, 3.05) is 17.2 Å². The van der Waals surface area contributed by atoms with Gasteiger partial charge in [-0.1, -0.05) is 6.07 Å². The number of aliphatic hydroxyl groups is 1. The zero-order chi connectivity index (χ0) is 19.5.